The van der Waals surface area contributed by atoms with Crippen molar-refractivity contribution in [3.05, 3.63) is 76.2 Å². The van der Waals surface area contributed by atoms with Crippen LogP contribution in [0.3, 0.4) is 0 Å². The standard InChI is InChI=1S/C19H14Cl2N2O/c1-2-11-23-12-17(13-3-7-15(20)8-4-13)22-19(23)18(24)14-5-9-16(21)10-6-14/h1,3-10,12,18,24H,11H2. The van der Waals surface area contributed by atoms with Crippen molar-refractivity contribution >= 4 is 23.2 Å². The van der Waals surface area contributed by atoms with Crippen LogP contribution in [0.2, 0.25) is 10.0 Å². The van der Waals surface area contributed by atoms with Gasteiger partial charge in [-0.15, -0.1) is 6.42 Å². The number of hydrogen-bond acceptors (Lipinski definition) is 2. The van der Waals surface area contributed by atoms with Crippen molar-refractivity contribution < 1.29 is 5.11 Å². The van der Waals surface area contributed by atoms with Crippen LogP contribution < -0.4 is 0 Å². The quantitative estimate of drug-likeness (QED) is 0.695. The molecule has 120 valence electrons. The van der Waals surface area contributed by atoms with Gasteiger partial charge in [0.25, 0.3) is 0 Å². The number of nitrogens with zero attached hydrogens (tertiary/aromatic N) is 2. The lowest BCUT2D eigenvalue weighted by Crippen LogP contribution is -2.09. The van der Waals surface area contributed by atoms with Crippen molar-refractivity contribution in [1.29, 1.82) is 0 Å². The van der Waals surface area contributed by atoms with Gasteiger partial charge in [0.05, 0.1) is 12.2 Å². The molecule has 0 amide bonds. The van der Waals surface area contributed by atoms with Crippen molar-refractivity contribution in [2.24, 2.45) is 0 Å². The average molecular weight is 357 g/mol. The summed E-state index contributed by atoms with van der Waals surface area (Å²) in [7, 11) is 0. The molecule has 0 fully saturated rings. The Morgan fingerprint density at radius 1 is 1.04 bits per heavy atom. The molecule has 24 heavy (non-hydrogen) atoms. The molecule has 0 saturated carbocycles. The Morgan fingerprint density at radius 3 is 2.21 bits per heavy atom. The third-order valence-corrected chi connectivity index (χ3v) is 4.14. The molecule has 0 radical (unpaired) electrons. The second kappa shape index (κ2) is 7.11. The summed E-state index contributed by atoms with van der Waals surface area (Å²) < 4.78 is 1.77. The summed E-state index contributed by atoms with van der Waals surface area (Å²) in [5.74, 6) is 3.07. The van der Waals surface area contributed by atoms with E-state index >= 15 is 0 Å². The molecule has 2 aromatic carbocycles. The van der Waals surface area contributed by atoms with Crippen molar-refractivity contribution in [3.8, 4) is 23.6 Å². The third kappa shape index (κ3) is 3.47. The largest absolute Gasteiger partial charge is 0.380 e. The number of hydrogen-bond donors (Lipinski definition) is 1. The van der Waals surface area contributed by atoms with Crippen LogP contribution in [-0.4, -0.2) is 14.7 Å². The SMILES string of the molecule is C#CCn1cc(-c2ccc(Cl)cc2)nc1C(O)c1ccc(Cl)cc1. The van der Waals surface area contributed by atoms with Crippen molar-refractivity contribution in [3.63, 3.8) is 0 Å². The molecular formula is C19H14Cl2N2O. The number of halogens is 2. The van der Waals surface area contributed by atoms with E-state index in [2.05, 4.69) is 10.9 Å². The minimum absolute atomic E-state index is 0.320. The van der Waals surface area contributed by atoms with Crippen molar-refractivity contribution in [2.75, 3.05) is 0 Å². The molecule has 0 aliphatic carbocycles. The first-order valence-corrected chi connectivity index (χ1v) is 8.04. The Hall–Kier alpha value is -2.25. The van der Waals surface area contributed by atoms with Crippen LogP contribution in [0.4, 0.5) is 0 Å². The molecule has 5 heteroatoms. The summed E-state index contributed by atoms with van der Waals surface area (Å²) in [4.78, 5) is 4.57. The lowest BCUT2D eigenvalue weighted by molar-refractivity contribution is 0.205. The molecule has 1 unspecified atom stereocenters. The summed E-state index contributed by atoms with van der Waals surface area (Å²) in [6, 6.07) is 14.3. The number of terminal acetylenes is 1. The van der Waals surface area contributed by atoms with Gasteiger partial charge in [0.15, 0.2) is 0 Å². The number of benzene rings is 2. The van der Waals surface area contributed by atoms with Crippen LogP contribution in [0, 0.1) is 12.3 Å². The van der Waals surface area contributed by atoms with Crippen LogP contribution >= 0.6 is 23.2 Å². The van der Waals surface area contributed by atoms with Gasteiger partial charge in [0, 0.05) is 21.8 Å². The molecule has 3 aromatic rings. The van der Waals surface area contributed by atoms with E-state index in [0.717, 1.165) is 11.3 Å². The molecule has 0 spiro atoms. The lowest BCUT2D eigenvalue weighted by Gasteiger charge is -2.12. The first-order valence-electron chi connectivity index (χ1n) is 7.28. The Bertz CT molecular complexity index is 877. The van der Waals surface area contributed by atoms with Crippen LogP contribution in [0.15, 0.2) is 54.7 Å². The van der Waals surface area contributed by atoms with Gasteiger partial charge >= 0.3 is 0 Å². The van der Waals surface area contributed by atoms with E-state index in [1.54, 1.807) is 41.0 Å². The number of rotatable bonds is 4. The van der Waals surface area contributed by atoms with E-state index < -0.39 is 6.10 Å². The molecule has 0 aliphatic rings. The van der Waals surface area contributed by atoms with Gasteiger partial charge in [-0.2, -0.15) is 0 Å². The first-order chi connectivity index (χ1) is 11.6. The Labute approximate surface area is 150 Å². The van der Waals surface area contributed by atoms with Gasteiger partial charge < -0.3 is 9.67 Å². The summed E-state index contributed by atoms with van der Waals surface area (Å²) in [6.45, 7) is 0.320. The normalized spacial score (nSPS) is 11.9. The maximum absolute atomic E-state index is 10.7. The van der Waals surface area contributed by atoms with E-state index in [-0.39, 0.29) is 0 Å². The molecule has 3 rings (SSSR count). The van der Waals surface area contributed by atoms with E-state index in [1.807, 2.05) is 18.3 Å². The summed E-state index contributed by atoms with van der Waals surface area (Å²) >= 11 is 11.8. The monoisotopic (exact) mass is 356 g/mol. The Kier molecular flexibility index (Phi) is 4.92. The second-order valence-electron chi connectivity index (χ2n) is 5.28. The summed E-state index contributed by atoms with van der Waals surface area (Å²) in [5, 5.41) is 11.9. The molecule has 1 N–H and O–H groups in total. The molecule has 0 saturated heterocycles. The fraction of sp³-hybridized carbons (Fsp3) is 0.105. The zero-order valence-corrected chi connectivity index (χ0v) is 14.2. The summed E-state index contributed by atoms with van der Waals surface area (Å²) in [5.41, 5.74) is 2.33. The molecule has 0 aliphatic heterocycles. The van der Waals surface area contributed by atoms with Crippen LogP contribution in [0.1, 0.15) is 17.5 Å². The van der Waals surface area contributed by atoms with E-state index in [1.165, 1.54) is 0 Å². The average Bonchev–Trinajstić information content (AvgIpc) is 3.00. The predicted octanol–water partition coefficient (Wildman–Crippen LogP) is 4.57. The fourth-order valence-electron chi connectivity index (χ4n) is 2.43. The smallest absolute Gasteiger partial charge is 0.143 e. The maximum atomic E-state index is 10.7. The molecule has 0 bridgehead atoms. The predicted molar refractivity (Wildman–Crippen MR) is 97.0 cm³/mol. The van der Waals surface area contributed by atoms with Crippen molar-refractivity contribution in [1.82, 2.24) is 9.55 Å². The van der Waals surface area contributed by atoms with Gasteiger partial charge in [-0.1, -0.05) is 53.4 Å². The zero-order valence-electron chi connectivity index (χ0n) is 12.7. The van der Waals surface area contributed by atoms with Crippen LogP contribution in [0.25, 0.3) is 11.3 Å². The minimum Gasteiger partial charge on any atom is -0.380 e. The van der Waals surface area contributed by atoms with E-state index in [4.69, 9.17) is 29.6 Å². The molecule has 1 aromatic heterocycles. The number of aliphatic hydroxyl groups is 1. The topological polar surface area (TPSA) is 38.0 Å². The summed E-state index contributed by atoms with van der Waals surface area (Å²) in [6.07, 6.45) is 6.38. The highest BCUT2D eigenvalue weighted by atomic mass is 35.5. The highest BCUT2D eigenvalue weighted by Crippen LogP contribution is 2.27. The van der Waals surface area contributed by atoms with E-state index in [0.29, 0.717) is 28.0 Å². The van der Waals surface area contributed by atoms with Gasteiger partial charge in [0.1, 0.15) is 11.9 Å². The van der Waals surface area contributed by atoms with Gasteiger partial charge in [-0.05, 0) is 29.8 Å². The van der Waals surface area contributed by atoms with Crippen molar-refractivity contribution in [2.45, 2.75) is 12.6 Å². The third-order valence-electron chi connectivity index (χ3n) is 3.64. The number of aromatic nitrogens is 2. The minimum atomic E-state index is -0.892. The second-order valence-corrected chi connectivity index (χ2v) is 6.15. The number of imidazole rings is 1. The Morgan fingerprint density at radius 2 is 1.62 bits per heavy atom. The Balaban J connectivity index is 2.01. The molecular weight excluding hydrogens is 343 g/mol. The molecule has 3 nitrogen and oxygen atoms in total. The van der Waals surface area contributed by atoms with Gasteiger partial charge in [0.2, 0.25) is 0 Å². The number of aliphatic hydroxyl groups excluding tert-OH is 1. The molecule has 1 atom stereocenters. The highest BCUT2D eigenvalue weighted by molar-refractivity contribution is 6.30. The van der Waals surface area contributed by atoms with Crippen LogP contribution in [0.5, 0.6) is 0 Å². The van der Waals surface area contributed by atoms with Crippen LogP contribution in [-0.2, 0) is 6.54 Å². The van der Waals surface area contributed by atoms with Gasteiger partial charge in [-0.25, -0.2) is 4.98 Å². The highest BCUT2D eigenvalue weighted by Gasteiger charge is 2.19. The zero-order chi connectivity index (χ0) is 17.1. The van der Waals surface area contributed by atoms with E-state index in [9.17, 15) is 5.11 Å². The maximum Gasteiger partial charge on any atom is 0.143 e. The first kappa shape index (κ1) is 16.6. The van der Waals surface area contributed by atoms with Gasteiger partial charge in [-0.3, -0.25) is 0 Å². The lowest BCUT2D eigenvalue weighted by atomic mass is 10.1. The molecule has 1 heterocycles. The fourth-order valence-corrected chi connectivity index (χ4v) is 2.68.